The van der Waals surface area contributed by atoms with Crippen molar-refractivity contribution in [2.75, 3.05) is 19.6 Å². The number of rotatable bonds is 7. The average Bonchev–Trinajstić information content (AvgIpc) is 3.21. The van der Waals surface area contributed by atoms with Crippen LogP contribution in [0.5, 0.6) is 0 Å². The summed E-state index contributed by atoms with van der Waals surface area (Å²) in [5.41, 5.74) is 6.08. The van der Waals surface area contributed by atoms with Gasteiger partial charge in [0.2, 0.25) is 0 Å². The smallest absolute Gasteiger partial charge is 0.254 e. The van der Waals surface area contributed by atoms with Crippen LogP contribution in [0.1, 0.15) is 52.4 Å². The molecule has 0 N–H and O–H groups in total. The van der Waals surface area contributed by atoms with Crippen LogP contribution in [-0.4, -0.2) is 41.4 Å². The van der Waals surface area contributed by atoms with Crippen molar-refractivity contribution >= 4 is 5.91 Å². The first-order valence-electron chi connectivity index (χ1n) is 12.1. The van der Waals surface area contributed by atoms with Gasteiger partial charge in [0, 0.05) is 43.7 Å². The van der Waals surface area contributed by atoms with Crippen molar-refractivity contribution in [3.05, 3.63) is 107 Å². The maximum atomic E-state index is 13.4. The van der Waals surface area contributed by atoms with E-state index in [0.29, 0.717) is 11.8 Å². The molecule has 3 aromatic carbocycles. The Balaban J connectivity index is 1.57. The molecule has 33 heavy (non-hydrogen) atoms. The van der Waals surface area contributed by atoms with E-state index in [9.17, 15) is 4.79 Å². The number of likely N-dealkylation sites (tertiary alicyclic amines) is 1. The van der Waals surface area contributed by atoms with Crippen molar-refractivity contribution in [1.29, 1.82) is 0 Å². The summed E-state index contributed by atoms with van der Waals surface area (Å²) in [7, 11) is 0. The van der Waals surface area contributed by atoms with Gasteiger partial charge in [-0.15, -0.1) is 0 Å². The highest BCUT2D eigenvalue weighted by atomic mass is 16.2. The predicted octanol–water partition coefficient (Wildman–Crippen LogP) is 6.07. The van der Waals surface area contributed by atoms with E-state index in [4.69, 9.17) is 0 Å². The van der Waals surface area contributed by atoms with Gasteiger partial charge >= 0.3 is 0 Å². The second-order valence-electron chi connectivity index (χ2n) is 9.87. The van der Waals surface area contributed by atoms with Gasteiger partial charge in [-0.2, -0.15) is 0 Å². The van der Waals surface area contributed by atoms with Crippen molar-refractivity contribution in [1.82, 2.24) is 9.80 Å². The molecule has 3 nitrogen and oxygen atoms in total. The monoisotopic (exact) mass is 440 g/mol. The Hall–Kier alpha value is -2.91. The molecule has 2 atom stereocenters. The largest absolute Gasteiger partial charge is 0.336 e. The number of hydrogen-bond acceptors (Lipinski definition) is 2. The second-order valence-corrected chi connectivity index (χ2v) is 9.87. The topological polar surface area (TPSA) is 23.6 Å². The van der Waals surface area contributed by atoms with Gasteiger partial charge in [0.25, 0.3) is 5.91 Å². The van der Waals surface area contributed by atoms with Crippen molar-refractivity contribution in [3.63, 3.8) is 0 Å². The van der Waals surface area contributed by atoms with E-state index in [1.807, 2.05) is 30.3 Å². The SMILES string of the molecule is Cc1ccc(CN2CC(CN(C(=O)c3ccccc3)C(C)C)C(c3ccc(C)cc3)C2)cc1. The molecule has 172 valence electrons. The fraction of sp³-hybridized carbons (Fsp3) is 0.367. The molecule has 0 spiro atoms. The van der Waals surface area contributed by atoms with E-state index in [-0.39, 0.29) is 11.9 Å². The van der Waals surface area contributed by atoms with Crippen LogP contribution < -0.4 is 0 Å². The molecule has 1 saturated heterocycles. The number of benzene rings is 3. The maximum absolute atomic E-state index is 13.4. The molecule has 1 amide bonds. The lowest BCUT2D eigenvalue weighted by Gasteiger charge is -2.32. The standard InChI is InChI=1S/C30H36N2O/c1-22(2)32(30(33)27-8-6-5-7-9-27)20-28-19-31(18-25-14-10-23(3)11-15-25)21-29(28)26-16-12-24(4)13-17-26/h5-17,22,28-29H,18-21H2,1-4H3. The van der Waals surface area contributed by atoms with Crippen molar-refractivity contribution in [2.45, 2.75) is 46.2 Å². The number of carbonyl (C=O) groups is 1. The van der Waals surface area contributed by atoms with Crippen LogP contribution in [-0.2, 0) is 6.54 Å². The second kappa shape index (κ2) is 10.4. The van der Waals surface area contributed by atoms with E-state index >= 15 is 0 Å². The average molecular weight is 441 g/mol. The minimum absolute atomic E-state index is 0.130. The predicted molar refractivity (Wildman–Crippen MR) is 136 cm³/mol. The number of aryl methyl sites for hydroxylation is 2. The zero-order valence-corrected chi connectivity index (χ0v) is 20.4. The number of nitrogens with zero attached hydrogens (tertiary/aromatic N) is 2. The molecule has 1 fully saturated rings. The molecule has 2 unspecified atom stereocenters. The summed E-state index contributed by atoms with van der Waals surface area (Å²) in [5, 5.41) is 0. The van der Waals surface area contributed by atoms with Gasteiger partial charge in [0.15, 0.2) is 0 Å². The number of hydrogen-bond donors (Lipinski definition) is 0. The highest BCUT2D eigenvalue weighted by Gasteiger charge is 2.36. The van der Waals surface area contributed by atoms with Crippen LogP contribution in [0.4, 0.5) is 0 Å². The Morgan fingerprint density at radius 1 is 0.879 bits per heavy atom. The van der Waals surface area contributed by atoms with Gasteiger partial charge in [-0.1, -0.05) is 77.9 Å². The van der Waals surface area contributed by atoms with E-state index in [1.165, 1.54) is 22.3 Å². The fourth-order valence-corrected chi connectivity index (χ4v) is 4.95. The minimum atomic E-state index is 0.130. The third-order valence-electron chi connectivity index (χ3n) is 6.89. The summed E-state index contributed by atoms with van der Waals surface area (Å²) in [5.74, 6) is 0.944. The molecule has 3 heteroatoms. The molecule has 4 rings (SSSR count). The lowest BCUT2D eigenvalue weighted by Crippen LogP contribution is -2.42. The molecule has 0 saturated carbocycles. The molecule has 1 heterocycles. The molecule has 0 aliphatic carbocycles. The van der Waals surface area contributed by atoms with Gasteiger partial charge in [0.1, 0.15) is 0 Å². The van der Waals surface area contributed by atoms with Gasteiger partial charge in [-0.25, -0.2) is 0 Å². The lowest BCUT2D eigenvalue weighted by molar-refractivity contribution is 0.0668. The first kappa shape index (κ1) is 23.3. The van der Waals surface area contributed by atoms with Crippen LogP contribution in [0.2, 0.25) is 0 Å². The van der Waals surface area contributed by atoms with E-state index in [1.54, 1.807) is 0 Å². The molecule has 0 bridgehead atoms. The summed E-state index contributed by atoms with van der Waals surface area (Å²) < 4.78 is 0. The molecule has 1 aliphatic rings. The molecule has 0 radical (unpaired) electrons. The maximum Gasteiger partial charge on any atom is 0.254 e. The quantitative estimate of drug-likeness (QED) is 0.445. The minimum Gasteiger partial charge on any atom is -0.336 e. The molecular weight excluding hydrogens is 404 g/mol. The highest BCUT2D eigenvalue weighted by molar-refractivity contribution is 5.94. The van der Waals surface area contributed by atoms with Gasteiger partial charge in [0.05, 0.1) is 0 Å². The number of carbonyl (C=O) groups excluding carboxylic acids is 1. The van der Waals surface area contributed by atoms with E-state index in [0.717, 1.165) is 31.7 Å². The molecule has 0 aromatic heterocycles. The Morgan fingerprint density at radius 3 is 2.09 bits per heavy atom. The van der Waals surface area contributed by atoms with Gasteiger partial charge in [-0.05, 0) is 56.9 Å². The Kier molecular flexibility index (Phi) is 7.29. The Labute approximate surface area is 199 Å². The van der Waals surface area contributed by atoms with Crippen molar-refractivity contribution in [3.8, 4) is 0 Å². The summed E-state index contributed by atoms with van der Waals surface area (Å²) in [4.78, 5) is 18.0. The van der Waals surface area contributed by atoms with Gasteiger partial charge in [-0.3, -0.25) is 9.69 Å². The fourth-order valence-electron chi connectivity index (χ4n) is 4.95. The normalized spacial score (nSPS) is 18.6. The van der Waals surface area contributed by atoms with Crippen molar-refractivity contribution in [2.24, 2.45) is 5.92 Å². The summed E-state index contributed by atoms with van der Waals surface area (Å²) >= 11 is 0. The highest BCUT2D eigenvalue weighted by Crippen LogP contribution is 2.35. The van der Waals surface area contributed by atoms with Crippen LogP contribution >= 0.6 is 0 Å². The third-order valence-corrected chi connectivity index (χ3v) is 6.89. The summed E-state index contributed by atoms with van der Waals surface area (Å²) in [6, 6.07) is 27.7. The van der Waals surface area contributed by atoms with E-state index < -0.39 is 0 Å². The zero-order valence-electron chi connectivity index (χ0n) is 20.4. The van der Waals surface area contributed by atoms with Crippen LogP contribution in [0.15, 0.2) is 78.9 Å². The van der Waals surface area contributed by atoms with Crippen LogP contribution in [0.3, 0.4) is 0 Å². The first-order chi connectivity index (χ1) is 15.9. The van der Waals surface area contributed by atoms with Crippen molar-refractivity contribution < 1.29 is 4.79 Å². The third kappa shape index (κ3) is 5.72. The van der Waals surface area contributed by atoms with E-state index in [2.05, 4.69) is 86.0 Å². The number of amides is 1. The summed E-state index contributed by atoms with van der Waals surface area (Å²) in [6.45, 7) is 12.3. The van der Waals surface area contributed by atoms with Crippen LogP contribution in [0, 0.1) is 19.8 Å². The Bertz CT molecular complexity index is 1040. The van der Waals surface area contributed by atoms with Gasteiger partial charge < -0.3 is 4.90 Å². The van der Waals surface area contributed by atoms with Crippen LogP contribution in [0.25, 0.3) is 0 Å². The first-order valence-corrected chi connectivity index (χ1v) is 12.1. The molecule has 3 aromatic rings. The lowest BCUT2D eigenvalue weighted by atomic mass is 9.88. The Morgan fingerprint density at radius 2 is 1.48 bits per heavy atom. The molecular formula is C30H36N2O. The summed E-state index contributed by atoms with van der Waals surface area (Å²) in [6.07, 6.45) is 0. The molecule has 1 aliphatic heterocycles. The zero-order chi connectivity index (χ0) is 23.4.